The van der Waals surface area contributed by atoms with Gasteiger partial charge in [0.05, 0.1) is 12.7 Å². The normalized spacial score (nSPS) is 11.6. The number of benzene rings is 1. The van der Waals surface area contributed by atoms with Crippen LogP contribution in [-0.4, -0.2) is 55.9 Å². The lowest BCUT2D eigenvalue weighted by Crippen LogP contribution is -2.46. The van der Waals surface area contributed by atoms with Crippen LogP contribution in [0.15, 0.2) is 36.5 Å². The summed E-state index contributed by atoms with van der Waals surface area (Å²) in [5, 5.41) is 21.7. The molecule has 2 rings (SSSR count). The molecule has 1 aromatic carbocycles. The highest BCUT2D eigenvalue weighted by atomic mass is 32.2. The van der Waals surface area contributed by atoms with Crippen LogP contribution in [0.3, 0.4) is 0 Å². The van der Waals surface area contributed by atoms with Crippen LogP contribution in [0, 0.1) is 0 Å². The van der Waals surface area contributed by atoms with E-state index < -0.39 is 12.0 Å². The van der Waals surface area contributed by atoms with Crippen molar-refractivity contribution in [3.63, 3.8) is 0 Å². The third-order valence-electron chi connectivity index (χ3n) is 3.60. The van der Waals surface area contributed by atoms with E-state index in [2.05, 4.69) is 20.9 Å². The number of nitrogens with one attached hydrogen (secondary N) is 2. The van der Waals surface area contributed by atoms with E-state index in [1.165, 1.54) is 10.9 Å². The maximum atomic E-state index is 12.5. The molecule has 0 bridgehead atoms. The summed E-state index contributed by atoms with van der Waals surface area (Å²) >= 11 is 1.58. The quantitative estimate of drug-likeness (QED) is 0.539. The molecule has 2 amide bonds. The van der Waals surface area contributed by atoms with Gasteiger partial charge in [-0.2, -0.15) is 11.8 Å². The van der Waals surface area contributed by atoms with Gasteiger partial charge in [0.1, 0.15) is 18.3 Å². The van der Waals surface area contributed by atoms with Crippen molar-refractivity contribution < 1.29 is 19.5 Å². The van der Waals surface area contributed by atoms with E-state index >= 15 is 0 Å². The van der Waals surface area contributed by atoms with E-state index in [0.717, 1.165) is 0 Å². The van der Waals surface area contributed by atoms with Gasteiger partial charge in [0.25, 0.3) is 5.91 Å². The third kappa shape index (κ3) is 6.74. The number of hydrogen-bond acceptors (Lipinski definition) is 6. The minimum atomic E-state index is -1.03. The van der Waals surface area contributed by atoms with Crippen LogP contribution < -0.4 is 10.6 Å². The molecule has 2 aromatic rings. The van der Waals surface area contributed by atoms with Gasteiger partial charge in [0, 0.05) is 5.56 Å². The molecule has 9 nitrogen and oxygen atoms in total. The minimum absolute atomic E-state index is 0.0927. The van der Waals surface area contributed by atoms with Crippen LogP contribution in [0.1, 0.15) is 22.5 Å². The zero-order valence-electron chi connectivity index (χ0n) is 14.8. The predicted molar refractivity (Wildman–Crippen MR) is 100 cm³/mol. The van der Waals surface area contributed by atoms with Crippen molar-refractivity contribution >= 4 is 29.5 Å². The van der Waals surface area contributed by atoms with Crippen molar-refractivity contribution in [1.29, 1.82) is 0 Å². The van der Waals surface area contributed by atoms with Gasteiger partial charge in [0.2, 0.25) is 5.91 Å². The zero-order chi connectivity index (χ0) is 19.6. The molecule has 0 aliphatic rings. The highest BCUT2D eigenvalue weighted by molar-refractivity contribution is 7.98. The summed E-state index contributed by atoms with van der Waals surface area (Å²) < 4.78 is 1.17. The van der Waals surface area contributed by atoms with E-state index in [1.807, 2.05) is 12.3 Å². The Balaban J connectivity index is 1.94. The fraction of sp³-hybridized carbons (Fsp3) is 0.353. The number of carbonyl (C=O) groups is 3. The first-order chi connectivity index (χ1) is 13.0. The summed E-state index contributed by atoms with van der Waals surface area (Å²) in [6.07, 6.45) is 3.86. The van der Waals surface area contributed by atoms with E-state index in [4.69, 9.17) is 5.11 Å². The molecule has 1 aromatic heterocycles. The first-order valence-electron chi connectivity index (χ1n) is 8.23. The number of aliphatic carboxylic acids is 1. The number of carboxylic acid groups (broad SMARTS) is 1. The van der Waals surface area contributed by atoms with Gasteiger partial charge >= 0.3 is 5.97 Å². The summed E-state index contributed by atoms with van der Waals surface area (Å²) in [7, 11) is 0. The largest absolute Gasteiger partial charge is 0.480 e. The van der Waals surface area contributed by atoms with E-state index in [9.17, 15) is 14.4 Å². The minimum Gasteiger partial charge on any atom is -0.480 e. The standard InChI is InChI=1S/C17H21N5O4S/c1-27-8-7-14(19-16(25)12-5-3-2-4-6-12)17(26)18-9-13-10-22(21-20-13)11-15(23)24/h2-6,10,14H,7-9,11H2,1H3,(H,18,26)(H,19,25)(H,23,24). The molecule has 1 unspecified atom stereocenters. The molecule has 10 heteroatoms. The predicted octanol–water partition coefficient (Wildman–Crippen LogP) is 0.531. The summed E-state index contributed by atoms with van der Waals surface area (Å²) in [5.74, 6) is -0.969. The van der Waals surface area contributed by atoms with Crippen molar-refractivity contribution in [2.75, 3.05) is 12.0 Å². The Morgan fingerprint density at radius 3 is 2.67 bits per heavy atom. The van der Waals surface area contributed by atoms with Gasteiger partial charge in [-0.1, -0.05) is 23.4 Å². The fourth-order valence-corrected chi connectivity index (χ4v) is 2.74. The summed E-state index contributed by atoms with van der Waals surface area (Å²) in [4.78, 5) is 35.5. The number of rotatable bonds is 10. The summed E-state index contributed by atoms with van der Waals surface area (Å²) in [6.45, 7) is -0.208. The molecule has 0 fully saturated rings. The van der Waals surface area contributed by atoms with Crippen LogP contribution in [-0.2, 0) is 22.7 Å². The second-order valence-corrected chi connectivity index (χ2v) is 6.68. The van der Waals surface area contributed by atoms with Gasteiger partial charge in [0.15, 0.2) is 0 Å². The third-order valence-corrected chi connectivity index (χ3v) is 4.24. The molecule has 0 saturated heterocycles. The Labute approximate surface area is 160 Å². The SMILES string of the molecule is CSCCC(NC(=O)c1ccccc1)C(=O)NCc1cn(CC(=O)O)nn1. The van der Waals surface area contributed by atoms with Crippen LogP contribution in [0.2, 0.25) is 0 Å². The molecular formula is C17H21N5O4S. The van der Waals surface area contributed by atoms with Gasteiger partial charge < -0.3 is 15.7 Å². The molecule has 0 radical (unpaired) electrons. The number of nitrogens with zero attached hydrogens (tertiary/aromatic N) is 3. The van der Waals surface area contributed by atoms with Crippen molar-refractivity contribution in [1.82, 2.24) is 25.6 Å². The number of aromatic nitrogens is 3. The maximum Gasteiger partial charge on any atom is 0.325 e. The van der Waals surface area contributed by atoms with Crippen molar-refractivity contribution in [3.05, 3.63) is 47.8 Å². The molecule has 27 heavy (non-hydrogen) atoms. The van der Waals surface area contributed by atoms with Crippen LogP contribution >= 0.6 is 11.8 Å². The van der Waals surface area contributed by atoms with Crippen molar-refractivity contribution in [2.24, 2.45) is 0 Å². The zero-order valence-corrected chi connectivity index (χ0v) is 15.6. The average Bonchev–Trinajstić information content (AvgIpc) is 3.10. The van der Waals surface area contributed by atoms with Gasteiger partial charge in [-0.25, -0.2) is 4.68 Å². The Morgan fingerprint density at radius 2 is 2.00 bits per heavy atom. The van der Waals surface area contributed by atoms with Crippen molar-refractivity contribution in [3.8, 4) is 0 Å². The average molecular weight is 391 g/mol. The van der Waals surface area contributed by atoms with E-state index in [0.29, 0.717) is 23.4 Å². The molecule has 144 valence electrons. The molecule has 0 aliphatic heterocycles. The Morgan fingerprint density at radius 1 is 1.26 bits per heavy atom. The highest BCUT2D eigenvalue weighted by Crippen LogP contribution is 2.05. The Bertz CT molecular complexity index is 781. The van der Waals surface area contributed by atoms with Crippen LogP contribution in [0.5, 0.6) is 0 Å². The van der Waals surface area contributed by atoms with Crippen LogP contribution in [0.25, 0.3) is 0 Å². The Hall–Kier alpha value is -2.88. The molecule has 0 saturated carbocycles. The first-order valence-corrected chi connectivity index (χ1v) is 9.62. The van der Waals surface area contributed by atoms with E-state index in [1.54, 1.807) is 36.0 Å². The maximum absolute atomic E-state index is 12.5. The van der Waals surface area contributed by atoms with Crippen molar-refractivity contribution in [2.45, 2.75) is 25.6 Å². The topological polar surface area (TPSA) is 126 Å². The first kappa shape index (κ1) is 20.4. The van der Waals surface area contributed by atoms with Crippen LogP contribution in [0.4, 0.5) is 0 Å². The number of thioether (sulfide) groups is 1. The molecule has 0 spiro atoms. The summed E-state index contributed by atoms with van der Waals surface area (Å²) in [6, 6.07) is 8.00. The lowest BCUT2D eigenvalue weighted by atomic mass is 10.1. The molecule has 1 heterocycles. The Kier molecular flexibility index (Phi) is 7.80. The number of amides is 2. The lowest BCUT2D eigenvalue weighted by Gasteiger charge is -2.18. The summed E-state index contributed by atoms with van der Waals surface area (Å²) in [5.41, 5.74) is 0.915. The van der Waals surface area contributed by atoms with Gasteiger partial charge in [-0.05, 0) is 30.6 Å². The van der Waals surface area contributed by atoms with E-state index in [-0.39, 0.29) is 24.9 Å². The molecule has 3 N–H and O–H groups in total. The number of hydrogen-bond donors (Lipinski definition) is 3. The second kappa shape index (κ2) is 10.3. The van der Waals surface area contributed by atoms with Gasteiger partial charge in [-0.3, -0.25) is 14.4 Å². The smallest absolute Gasteiger partial charge is 0.325 e. The number of carbonyl (C=O) groups excluding carboxylic acids is 2. The molecular weight excluding hydrogens is 370 g/mol. The number of carboxylic acids is 1. The monoisotopic (exact) mass is 391 g/mol. The second-order valence-electron chi connectivity index (χ2n) is 5.69. The molecule has 0 aliphatic carbocycles. The van der Waals surface area contributed by atoms with Gasteiger partial charge in [-0.15, -0.1) is 5.10 Å². The highest BCUT2D eigenvalue weighted by Gasteiger charge is 2.21. The fourth-order valence-electron chi connectivity index (χ4n) is 2.27. The lowest BCUT2D eigenvalue weighted by molar-refractivity contribution is -0.138. The molecule has 1 atom stereocenters.